The van der Waals surface area contributed by atoms with Gasteiger partial charge in [-0.25, -0.2) is 0 Å². The summed E-state index contributed by atoms with van der Waals surface area (Å²) in [7, 11) is 0. The van der Waals surface area contributed by atoms with Crippen LogP contribution < -0.4 is 5.32 Å². The Labute approximate surface area is 283 Å². The van der Waals surface area contributed by atoms with Crippen LogP contribution in [-0.4, -0.2) is 52.8 Å². The molecule has 1 saturated heterocycles. The molecule has 0 aliphatic carbocycles. The van der Waals surface area contributed by atoms with Crippen LogP contribution in [0.1, 0.15) is 27.8 Å². The van der Waals surface area contributed by atoms with E-state index in [0.717, 1.165) is 53.1 Å². The number of nitrogens with one attached hydrogen (secondary N) is 1. The van der Waals surface area contributed by atoms with Crippen LogP contribution in [0.15, 0.2) is 139 Å². The van der Waals surface area contributed by atoms with Gasteiger partial charge in [-0.3, -0.25) is 19.5 Å². The van der Waals surface area contributed by atoms with E-state index in [1.54, 1.807) is 6.20 Å². The minimum absolute atomic E-state index is 0.00793. The number of carbonyl (C=O) groups excluding carboxylic acids is 2. The molecule has 2 heterocycles. The lowest BCUT2D eigenvalue weighted by atomic mass is 9.88. The van der Waals surface area contributed by atoms with E-state index in [9.17, 15) is 9.59 Å². The molecule has 1 aliphatic rings. The predicted octanol–water partition coefficient (Wildman–Crippen LogP) is 6.96. The van der Waals surface area contributed by atoms with Gasteiger partial charge >= 0.3 is 0 Å². The lowest BCUT2D eigenvalue weighted by Gasteiger charge is -2.37. The lowest BCUT2D eigenvalue weighted by Crippen LogP contribution is -2.51. The highest BCUT2D eigenvalue weighted by atomic mass is 16.2. The zero-order valence-corrected chi connectivity index (χ0v) is 27.5. The van der Waals surface area contributed by atoms with Gasteiger partial charge in [0.1, 0.15) is 0 Å². The molecule has 6 nitrogen and oxygen atoms in total. The quantitative estimate of drug-likeness (QED) is 0.160. The molecule has 48 heavy (non-hydrogen) atoms. The van der Waals surface area contributed by atoms with Crippen LogP contribution in [0.5, 0.6) is 0 Å². The van der Waals surface area contributed by atoms with Crippen molar-refractivity contribution < 1.29 is 9.59 Å². The molecule has 4 aromatic carbocycles. The van der Waals surface area contributed by atoms with Gasteiger partial charge in [-0.1, -0.05) is 121 Å². The van der Waals surface area contributed by atoms with Crippen molar-refractivity contribution in [3.05, 3.63) is 167 Å². The average Bonchev–Trinajstić information content (AvgIpc) is 3.14. The maximum Gasteiger partial charge on any atom is 0.248 e. The molecule has 1 N–H and O–H groups in total. The molecule has 1 aliphatic heterocycles. The summed E-state index contributed by atoms with van der Waals surface area (Å²) in [4.78, 5) is 37.4. The van der Waals surface area contributed by atoms with E-state index < -0.39 is 5.92 Å². The monoisotopic (exact) mass is 634 g/mol. The summed E-state index contributed by atoms with van der Waals surface area (Å²) in [5.74, 6) is -0.881. The first-order valence-corrected chi connectivity index (χ1v) is 16.7. The molecule has 1 atom stereocenters. The molecule has 0 saturated carbocycles. The zero-order chi connectivity index (χ0) is 33.1. The van der Waals surface area contributed by atoms with E-state index in [2.05, 4.69) is 39.5 Å². The second kappa shape index (κ2) is 16.0. The van der Waals surface area contributed by atoms with E-state index >= 15 is 0 Å². The Morgan fingerprint density at radius 2 is 1.38 bits per heavy atom. The van der Waals surface area contributed by atoms with E-state index in [1.165, 1.54) is 5.56 Å². The van der Waals surface area contributed by atoms with Gasteiger partial charge in [0.2, 0.25) is 11.8 Å². The van der Waals surface area contributed by atoms with Crippen molar-refractivity contribution >= 4 is 17.9 Å². The molecule has 1 aromatic heterocycles. The molecule has 0 spiro atoms. The number of amides is 2. The first-order chi connectivity index (χ1) is 23.5. The first kappa shape index (κ1) is 32.6. The molecular weight excluding hydrogens is 592 g/mol. The molecule has 5 aromatic rings. The van der Waals surface area contributed by atoms with E-state index in [-0.39, 0.29) is 11.8 Å². The lowest BCUT2D eigenvalue weighted by molar-refractivity contribution is -0.137. The number of aryl methyl sites for hydroxylation is 1. The van der Waals surface area contributed by atoms with Gasteiger partial charge in [-0.15, -0.1) is 0 Å². The minimum atomic E-state index is -0.638. The summed E-state index contributed by atoms with van der Waals surface area (Å²) >= 11 is 0. The number of benzene rings is 4. The summed E-state index contributed by atoms with van der Waals surface area (Å²) in [6.45, 7) is 6.07. The number of carbonyl (C=O) groups is 2. The summed E-state index contributed by atoms with van der Waals surface area (Å²) in [5, 5.41) is 3.15. The number of hydrogen-bond acceptors (Lipinski definition) is 4. The van der Waals surface area contributed by atoms with Gasteiger partial charge in [-0.05, 0) is 53.8 Å². The fraction of sp³-hybridized carbons (Fsp3) is 0.214. The smallest absolute Gasteiger partial charge is 0.248 e. The molecule has 0 radical (unpaired) electrons. The third-order valence-electron chi connectivity index (χ3n) is 8.92. The van der Waals surface area contributed by atoms with Crippen molar-refractivity contribution in [2.75, 3.05) is 26.2 Å². The van der Waals surface area contributed by atoms with Crippen LogP contribution in [0.25, 0.3) is 17.3 Å². The standard InChI is InChI=1S/C42H42N4O2/c1-32-15-17-34(18-16-32)28-38(41(47)44-30-35-19-21-37(22-20-35)40-14-8-9-23-43-40)39(29-33-10-4-2-5-11-33)42(48)46-26-24-45(25-27-46)31-36-12-6-3-7-13-36/h2-23,28,39H,24-27,29-31H2,1H3,(H,44,47)/t39-/m0/s1. The van der Waals surface area contributed by atoms with Crippen LogP contribution in [0.4, 0.5) is 0 Å². The summed E-state index contributed by atoms with van der Waals surface area (Å²) in [6.07, 6.45) is 4.12. The molecule has 0 bridgehead atoms. The van der Waals surface area contributed by atoms with Gasteiger partial charge in [0.25, 0.3) is 0 Å². The zero-order valence-electron chi connectivity index (χ0n) is 27.5. The average molecular weight is 635 g/mol. The summed E-state index contributed by atoms with van der Waals surface area (Å²) < 4.78 is 0. The van der Waals surface area contributed by atoms with Gasteiger partial charge in [0, 0.05) is 56.6 Å². The van der Waals surface area contributed by atoms with Crippen molar-refractivity contribution in [1.82, 2.24) is 20.1 Å². The van der Waals surface area contributed by atoms with Crippen molar-refractivity contribution in [3.8, 4) is 11.3 Å². The van der Waals surface area contributed by atoms with Crippen molar-refractivity contribution in [3.63, 3.8) is 0 Å². The van der Waals surface area contributed by atoms with Gasteiger partial charge in [0.15, 0.2) is 0 Å². The van der Waals surface area contributed by atoms with Crippen LogP contribution in [0.2, 0.25) is 0 Å². The highest BCUT2D eigenvalue weighted by Crippen LogP contribution is 2.25. The van der Waals surface area contributed by atoms with Gasteiger partial charge in [0.05, 0.1) is 11.6 Å². The summed E-state index contributed by atoms with van der Waals surface area (Å²) in [6, 6.07) is 42.4. The van der Waals surface area contributed by atoms with Crippen LogP contribution in [0.3, 0.4) is 0 Å². The molecule has 0 unspecified atom stereocenters. The number of piperazine rings is 1. The summed E-state index contributed by atoms with van der Waals surface area (Å²) in [5.41, 5.74) is 7.68. The van der Waals surface area contributed by atoms with E-state index in [0.29, 0.717) is 31.6 Å². The largest absolute Gasteiger partial charge is 0.348 e. The number of rotatable bonds is 11. The number of aromatic nitrogens is 1. The molecule has 6 heteroatoms. The predicted molar refractivity (Wildman–Crippen MR) is 193 cm³/mol. The minimum Gasteiger partial charge on any atom is -0.348 e. The molecule has 1 fully saturated rings. The second-order valence-electron chi connectivity index (χ2n) is 12.4. The van der Waals surface area contributed by atoms with Gasteiger partial charge in [-0.2, -0.15) is 0 Å². The first-order valence-electron chi connectivity index (χ1n) is 16.7. The fourth-order valence-corrected chi connectivity index (χ4v) is 6.15. The normalized spacial score (nSPS) is 14.4. The Hall–Kier alpha value is -5.33. The molecular formula is C42H42N4O2. The van der Waals surface area contributed by atoms with Crippen LogP contribution in [-0.2, 0) is 29.1 Å². The Morgan fingerprint density at radius 3 is 2.02 bits per heavy atom. The molecule has 2 amide bonds. The van der Waals surface area contributed by atoms with Crippen molar-refractivity contribution in [2.24, 2.45) is 5.92 Å². The third kappa shape index (κ3) is 8.72. The fourth-order valence-electron chi connectivity index (χ4n) is 6.15. The maximum atomic E-state index is 14.5. The number of nitrogens with zero attached hydrogens (tertiary/aromatic N) is 3. The van der Waals surface area contributed by atoms with E-state index in [1.807, 2.05) is 121 Å². The third-order valence-corrected chi connectivity index (χ3v) is 8.92. The Balaban J connectivity index is 1.23. The Bertz CT molecular complexity index is 1800. The Morgan fingerprint density at radius 1 is 0.729 bits per heavy atom. The molecule has 6 rings (SSSR count). The van der Waals surface area contributed by atoms with E-state index in [4.69, 9.17) is 0 Å². The number of pyridine rings is 1. The van der Waals surface area contributed by atoms with Gasteiger partial charge < -0.3 is 10.2 Å². The SMILES string of the molecule is Cc1ccc(C=C(C(=O)NCc2ccc(-c3ccccn3)cc2)[C@H](Cc2ccccc2)C(=O)N2CCN(Cc3ccccc3)CC2)cc1. The van der Waals surface area contributed by atoms with Crippen molar-refractivity contribution in [1.29, 1.82) is 0 Å². The van der Waals surface area contributed by atoms with Crippen molar-refractivity contribution in [2.45, 2.75) is 26.4 Å². The highest BCUT2D eigenvalue weighted by Gasteiger charge is 2.33. The van der Waals surface area contributed by atoms with Crippen LogP contribution >= 0.6 is 0 Å². The molecule has 242 valence electrons. The van der Waals surface area contributed by atoms with Crippen LogP contribution in [0, 0.1) is 12.8 Å². The second-order valence-corrected chi connectivity index (χ2v) is 12.4. The topological polar surface area (TPSA) is 65.5 Å². The Kier molecular flexibility index (Phi) is 10.9. The maximum absolute atomic E-state index is 14.5. The highest BCUT2D eigenvalue weighted by molar-refractivity contribution is 6.04. The number of hydrogen-bond donors (Lipinski definition) is 1.